The molecule has 0 saturated carbocycles. The van der Waals surface area contributed by atoms with E-state index in [1.807, 2.05) is 24.4 Å². The number of carbonyl (C=O) groups is 1. The molecular formula is C29H39N7O. The third-order valence-corrected chi connectivity index (χ3v) is 7.33. The summed E-state index contributed by atoms with van der Waals surface area (Å²) in [5, 5.41) is 3.40. The Kier molecular flexibility index (Phi) is 8.38. The van der Waals surface area contributed by atoms with Crippen molar-refractivity contribution in [1.29, 1.82) is 0 Å². The van der Waals surface area contributed by atoms with Gasteiger partial charge in [-0.1, -0.05) is 25.1 Å². The van der Waals surface area contributed by atoms with Crippen LogP contribution in [0.2, 0.25) is 0 Å². The molecule has 2 aliphatic rings. The Morgan fingerprint density at radius 2 is 2.03 bits per heavy atom. The summed E-state index contributed by atoms with van der Waals surface area (Å²) in [7, 11) is 5.70. The highest BCUT2D eigenvalue weighted by Gasteiger charge is 2.30. The molecule has 1 atom stereocenters. The summed E-state index contributed by atoms with van der Waals surface area (Å²) in [4.78, 5) is 31.6. The minimum atomic E-state index is 0.0518. The highest BCUT2D eigenvalue weighted by molar-refractivity contribution is 5.77. The zero-order valence-corrected chi connectivity index (χ0v) is 22.7. The van der Waals surface area contributed by atoms with Crippen molar-refractivity contribution < 1.29 is 4.79 Å². The van der Waals surface area contributed by atoms with Crippen molar-refractivity contribution >= 4 is 30.1 Å². The van der Waals surface area contributed by atoms with Crippen LogP contribution in [0.25, 0.3) is 0 Å². The van der Waals surface area contributed by atoms with Crippen LogP contribution in [0.15, 0.2) is 53.4 Å². The Labute approximate surface area is 220 Å². The van der Waals surface area contributed by atoms with Crippen molar-refractivity contribution in [3.8, 4) is 0 Å². The lowest BCUT2D eigenvalue weighted by Crippen LogP contribution is -2.29. The van der Waals surface area contributed by atoms with E-state index < -0.39 is 0 Å². The van der Waals surface area contributed by atoms with Crippen LogP contribution in [0.1, 0.15) is 54.7 Å². The summed E-state index contributed by atoms with van der Waals surface area (Å²) in [6.45, 7) is 11.2. The summed E-state index contributed by atoms with van der Waals surface area (Å²) in [5.41, 5.74) is 4.82. The average molecular weight is 502 g/mol. The molecule has 8 heteroatoms. The molecule has 2 aliphatic heterocycles. The van der Waals surface area contributed by atoms with E-state index in [9.17, 15) is 4.79 Å². The number of allylic oxidation sites excluding steroid dienone is 2. The van der Waals surface area contributed by atoms with Gasteiger partial charge in [-0.3, -0.25) is 4.79 Å². The van der Waals surface area contributed by atoms with Crippen LogP contribution in [0, 0.1) is 6.92 Å². The zero-order valence-electron chi connectivity index (χ0n) is 22.7. The molecule has 1 fully saturated rings. The first-order chi connectivity index (χ1) is 17.8. The van der Waals surface area contributed by atoms with Crippen LogP contribution in [-0.4, -0.2) is 73.2 Å². The van der Waals surface area contributed by atoms with E-state index >= 15 is 0 Å². The maximum atomic E-state index is 11.8. The van der Waals surface area contributed by atoms with E-state index in [4.69, 9.17) is 4.98 Å². The number of amides is 1. The molecule has 1 aromatic heterocycles. The molecule has 37 heavy (non-hydrogen) atoms. The van der Waals surface area contributed by atoms with Crippen LogP contribution in [0.5, 0.6) is 0 Å². The summed E-state index contributed by atoms with van der Waals surface area (Å²) in [6.07, 6.45) is 10.2. The molecule has 1 N–H and O–H groups in total. The van der Waals surface area contributed by atoms with E-state index in [1.54, 1.807) is 19.0 Å². The van der Waals surface area contributed by atoms with Crippen LogP contribution in [0.3, 0.4) is 0 Å². The molecule has 1 unspecified atom stereocenters. The second kappa shape index (κ2) is 11.7. The van der Waals surface area contributed by atoms with Crippen molar-refractivity contribution in [2.75, 3.05) is 51.0 Å². The van der Waals surface area contributed by atoms with Crippen molar-refractivity contribution in [3.63, 3.8) is 0 Å². The molecule has 1 aromatic carbocycles. The predicted molar refractivity (Wildman–Crippen MR) is 152 cm³/mol. The fourth-order valence-corrected chi connectivity index (χ4v) is 5.06. The topological polar surface area (TPSA) is 77.0 Å². The number of aliphatic imine (C=N–C) groups is 1. The number of nitrogens with one attached hydrogen (secondary N) is 1. The standard InChI is InChI=1S/C29H39N7O/c1-20-17-23(11-12-24(20)22-13-15-35(6)16-14-22)32-29-31-18-25-21(2)19-36(28(25)33-29)26(30-3)9-7-8-10-27(37)34(4)5/h7-9,11-12,17-18,21-22H,3,10,13-16,19H2,1-2,4-6H3,(H,31,32,33)/b8-7-,26-9+. The molecule has 3 heterocycles. The third kappa shape index (κ3) is 6.25. The van der Waals surface area contributed by atoms with Gasteiger partial charge in [0.1, 0.15) is 11.6 Å². The molecule has 1 saturated heterocycles. The first kappa shape index (κ1) is 26.5. The monoisotopic (exact) mass is 501 g/mol. The van der Waals surface area contributed by atoms with Gasteiger partial charge in [-0.15, -0.1) is 0 Å². The Morgan fingerprint density at radius 3 is 2.70 bits per heavy atom. The number of aryl methyl sites for hydroxylation is 1. The van der Waals surface area contributed by atoms with E-state index in [2.05, 4.69) is 70.9 Å². The van der Waals surface area contributed by atoms with Gasteiger partial charge in [0.25, 0.3) is 0 Å². The largest absolute Gasteiger partial charge is 0.349 e. The zero-order chi connectivity index (χ0) is 26.5. The maximum Gasteiger partial charge on any atom is 0.229 e. The Morgan fingerprint density at radius 1 is 1.27 bits per heavy atom. The van der Waals surface area contributed by atoms with Gasteiger partial charge in [-0.25, -0.2) is 9.98 Å². The summed E-state index contributed by atoms with van der Waals surface area (Å²) < 4.78 is 0. The Bertz CT molecular complexity index is 1190. The number of likely N-dealkylation sites (tertiary alicyclic amines) is 1. The maximum absolute atomic E-state index is 11.8. The number of hydrogen-bond acceptors (Lipinski definition) is 7. The predicted octanol–water partition coefficient (Wildman–Crippen LogP) is 4.84. The van der Waals surface area contributed by atoms with Crippen molar-refractivity contribution in [3.05, 3.63) is 65.1 Å². The fourth-order valence-electron chi connectivity index (χ4n) is 5.06. The number of anilines is 3. The van der Waals surface area contributed by atoms with E-state index in [1.165, 1.54) is 24.0 Å². The number of hydrogen-bond donors (Lipinski definition) is 1. The van der Waals surface area contributed by atoms with Crippen molar-refractivity contribution in [1.82, 2.24) is 19.8 Å². The first-order valence-electron chi connectivity index (χ1n) is 13.0. The van der Waals surface area contributed by atoms with Gasteiger partial charge in [0.15, 0.2) is 0 Å². The molecule has 196 valence electrons. The number of fused-ring (bicyclic) bond motifs is 1. The van der Waals surface area contributed by atoms with Gasteiger partial charge in [0, 0.05) is 50.4 Å². The normalized spacial score (nSPS) is 18.8. The molecule has 2 aromatic rings. The molecule has 4 rings (SSSR count). The summed E-state index contributed by atoms with van der Waals surface area (Å²) in [6, 6.07) is 6.58. The molecule has 1 amide bonds. The van der Waals surface area contributed by atoms with Gasteiger partial charge in [-0.05, 0) is 81.9 Å². The molecule has 0 aliphatic carbocycles. The van der Waals surface area contributed by atoms with Crippen LogP contribution >= 0.6 is 0 Å². The number of rotatable bonds is 8. The van der Waals surface area contributed by atoms with Crippen LogP contribution < -0.4 is 10.2 Å². The minimum absolute atomic E-state index is 0.0518. The SMILES string of the molecule is C=N/C(=C\C=C/CC(=O)N(C)C)N1CC(C)c2cnc(Nc3ccc(C4CCN(C)CC4)c(C)c3)nc21. The highest BCUT2D eigenvalue weighted by atomic mass is 16.2. The number of aromatic nitrogens is 2. The van der Waals surface area contributed by atoms with E-state index in [0.717, 1.165) is 36.7 Å². The number of benzene rings is 1. The van der Waals surface area contributed by atoms with Crippen LogP contribution in [0.4, 0.5) is 17.5 Å². The average Bonchev–Trinajstić information content (AvgIpc) is 3.20. The Hall–Kier alpha value is -3.52. The van der Waals surface area contributed by atoms with Gasteiger partial charge >= 0.3 is 0 Å². The second-order valence-corrected chi connectivity index (χ2v) is 10.4. The van der Waals surface area contributed by atoms with Gasteiger partial charge in [0.2, 0.25) is 11.9 Å². The van der Waals surface area contributed by atoms with Gasteiger partial charge in [0.05, 0.1) is 0 Å². The number of piperidine rings is 1. The molecule has 0 radical (unpaired) electrons. The smallest absolute Gasteiger partial charge is 0.229 e. The van der Waals surface area contributed by atoms with E-state index in [0.29, 0.717) is 24.1 Å². The van der Waals surface area contributed by atoms with Crippen molar-refractivity contribution in [2.24, 2.45) is 4.99 Å². The second-order valence-electron chi connectivity index (χ2n) is 10.4. The van der Waals surface area contributed by atoms with Gasteiger partial charge in [-0.2, -0.15) is 4.98 Å². The lowest BCUT2D eigenvalue weighted by atomic mass is 9.87. The van der Waals surface area contributed by atoms with Gasteiger partial charge < -0.3 is 20.0 Å². The quantitative estimate of drug-likeness (QED) is 0.412. The minimum Gasteiger partial charge on any atom is -0.349 e. The summed E-state index contributed by atoms with van der Waals surface area (Å²) in [5.74, 6) is 3.03. The third-order valence-electron chi connectivity index (χ3n) is 7.33. The molecule has 8 nitrogen and oxygen atoms in total. The molecule has 0 bridgehead atoms. The number of nitrogens with zero attached hydrogens (tertiary/aromatic N) is 6. The van der Waals surface area contributed by atoms with Crippen LogP contribution in [-0.2, 0) is 4.79 Å². The van der Waals surface area contributed by atoms with Crippen molar-refractivity contribution in [2.45, 2.75) is 44.9 Å². The summed E-state index contributed by atoms with van der Waals surface area (Å²) >= 11 is 0. The molecular weight excluding hydrogens is 462 g/mol. The van der Waals surface area contributed by atoms with E-state index in [-0.39, 0.29) is 11.8 Å². The lowest BCUT2D eigenvalue weighted by molar-refractivity contribution is -0.127. The lowest BCUT2D eigenvalue weighted by Gasteiger charge is -2.30. The first-order valence-corrected chi connectivity index (χ1v) is 13.0. The number of carbonyl (C=O) groups excluding carboxylic acids is 1. The highest BCUT2D eigenvalue weighted by Crippen LogP contribution is 2.37. The Balaban J connectivity index is 1.50. The molecule has 0 spiro atoms. The fraction of sp³-hybridized carbons (Fsp3) is 0.448.